The summed E-state index contributed by atoms with van der Waals surface area (Å²) in [5, 5.41) is 26.2. The minimum absolute atomic E-state index is 0.0200. The molecule has 3 N–H and O–H groups in total. The van der Waals surface area contributed by atoms with Gasteiger partial charge in [0.25, 0.3) is 11.5 Å². The molecule has 0 fully saturated rings. The number of H-pyrrole nitrogens is 1. The van der Waals surface area contributed by atoms with Crippen LogP contribution in [-0.4, -0.2) is 39.0 Å². The smallest absolute Gasteiger partial charge is 0.434 e. The lowest BCUT2D eigenvalue weighted by Crippen LogP contribution is -2.49. The molecule has 2 heterocycles. The maximum atomic E-state index is 13.5. The summed E-state index contributed by atoms with van der Waals surface area (Å²) in [5.74, 6) is -2.39. The molecule has 31 heavy (non-hydrogen) atoms. The summed E-state index contributed by atoms with van der Waals surface area (Å²) in [6, 6.07) is 6.58. The number of hydrogen-bond acceptors (Lipinski definition) is 7. The Morgan fingerprint density at radius 2 is 2.03 bits per heavy atom. The van der Waals surface area contributed by atoms with Crippen molar-refractivity contribution in [3.8, 4) is 11.8 Å². The molecule has 1 aromatic carbocycles. The standard InChI is InChI=1S/C18H13ClF3N5O4/c19-11-1-9(5-23)2-13(4-11)31-14-15(18(20,21)22)24-8-27(17(14)30)6-12-3-10(7-28)16(29)26-25-12/h1-4,24,28H,6-8H2,(H,26,29). The quantitative estimate of drug-likeness (QED) is 0.623. The number of aliphatic hydroxyl groups excluding tert-OH is 1. The fourth-order valence-electron chi connectivity index (χ4n) is 2.72. The number of amides is 1. The van der Waals surface area contributed by atoms with E-state index in [1.807, 2.05) is 0 Å². The van der Waals surface area contributed by atoms with Crippen molar-refractivity contribution in [1.82, 2.24) is 20.4 Å². The number of rotatable bonds is 5. The summed E-state index contributed by atoms with van der Waals surface area (Å²) >= 11 is 5.85. The number of nitrogens with one attached hydrogen (secondary N) is 2. The van der Waals surface area contributed by atoms with E-state index in [-0.39, 0.29) is 34.1 Å². The monoisotopic (exact) mass is 455 g/mol. The lowest BCUT2D eigenvalue weighted by molar-refractivity contribution is -0.137. The normalized spacial score (nSPS) is 14.3. The molecule has 13 heteroatoms. The van der Waals surface area contributed by atoms with Gasteiger partial charge < -0.3 is 20.1 Å². The van der Waals surface area contributed by atoms with Crippen LogP contribution in [0.15, 0.2) is 40.5 Å². The third-order valence-electron chi connectivity index (χ3n) is 4.12. The second-order valence-electron chi connectivity index (χ2n) is 6.30. The van der Waals surface area contributed by atoms with Crippen molar-refractivity contribution >= 4 is 17.5 Å². The molecule has 0 bridgehead atoms. The van der Waals surface area contributed by atoms with Gasteiger partial charge in [0.15, 0.2) is 5.70 Å². The van der Waals surface area contributed by atoms with Crippen LogP contribution >= 0.6 is 11.6 Å². The average Bonchev–Trinajstić information content (AvgIpc) is 2.70. The number of ether oxygens (including phenoxy) is 1. The number of carbonyl (C=O) groups is 1. The number of hydrogen-bond donors (Lipinski definition) is 3. The van der Waals surface area contributed by atoms with Crippen LogP contribution in [0.1, 0.15) is 16.8 Å². The largest absolute Gasteiger partial charge is 0.449 e. The Hall–Kier alpha value is -3.56. The summed E-state index contributed by atoms with van der Waals surface area (Å²) in [7, 11) is 0. The summed E-state index contributed by atoms with van der Waals surface area (Å²) in [6.45, 7) is -1.39. The Kier molecular flexibility index (Phi) is 6.19. The molecule has 0 spiro atoms. The zero-order chi connectivity index (χ0) is 22.8. The van der Waals surface area contributed by atoms with Gasteiger partial charge in [0.05, 0.1) is 37.1 Å². The minimum atomic E-state index is -4.92. The van der Waals surface area contributed by atoms with E-state index in [1.54, 1.807) is 6.07 Å². The first-order chi connectivity index (χ1) is 14.6. The first-order valence-electron chi connectivity index (χ1n) is 8.54. The lowest BCUT2D eigenvalue weighted by Gasteiger charge is -2.31. The van der Waals surface area contributed by atoms with E-state index in [1.165, 1.54) is 12.1 Å². The first kappa shape index (κ1) is 22.1. The molecule has 0 saturated heterocycles. The SMILES string of the molecule is N#Cc1cc(Cl)cc(OC2=C(C(F)(F)F)NCN(Cc3cc(CO)c(=O)[nH]n3)C2=O)c1. The Labute approximate surface area is 177 Å². The first-order valence-corrected chi connectivity index (χ1v) is 8.91. The molecule has 1 aliphatic heterocycles. The number of alkyl halides is 3. The van der Waals surface area contributed by atoms with Gasteiger partial charge in [0.1, 0.15) is 5.75 Å². The van der Waals surface area contributed by atoms with Gasteiger partial charge in [-0.3, -0.25) is 9.59 Å². The van der Waals surface area contributed by atoms with E-state index in [0.717, 1.165) is 17.0 Å². The van der Waals surface area contributed by atoms with Crippen molar-refractivity contribution in [2.24, 2.45) is 0 Å². The number of carbonyl (C=O) groups excluding carboxylic acids is 1. The van der Waals surface area contributed by atoms with Gasteiger partial charge in [-0.25, -0.2) is 5.10 Å². The molecule has 1 aliphatic rings. The van der Waals surface area contributed by atoms with Gasteiger partial charge in [-0.2, -0.15) is 23.5 Å². The van der Waals surface area contributed by atoms with E-state index in [9.17, 15) is 22.8 Å². The number of benzene rings is 1. The summed E-state index contributed by atoms with van der Waals surface area (Å²) in [6.07, 6.45) is -4.92. The molecule has 0 aliphatic carbocycles. The molecular weight excluding hydrogens is 443 g/mol. The van der Waals surface area contributed by atoms with E-state index in [2.05, 4.69) is 15.5 Å². The van der Waals surface area contributed by atoms with Gasteiger partial charge in [0.2, 0.25) is 5.76 Å². The fraction of sp³-hybridized carbons (Fsp3) is 0.222. The number of aliphatic hydroxyl groups is 1. The second-order valence-corrected chi connectivity index (χ2v) is 6.74. The maximum Gasteiger partial charge on any atom is 0.434 e. The average molecular weight is 456 g/mol. The van der Waals surface area contributed by atoms with Crippen molar-refractivity contribution in [3.05, 3.63) is 67.9 Å². The van der Waals surface area contributed by atoms with Gasteiger partial charge in [0, 0.05) is 10.6 Å². The Morgan fingerprint density at radius 1 is 1.29 bits per heavy atom. The number of nitriles is 1. The molecule has 0 radical (unpaired) electrons. The van der Waals surface area contributed by atoms with Crippen LogP contribution in [-0.2, 0) is 17.9 Å². The predicted molar refractivity (Wildman–Crippen MR) is 99.2 cm³/mol. The molecule has 9 nitrogen and oxygen atoms in total. The zero-order valence-electron chi connectivity index (χ0n) is 15.5. The summed E-state index contributed by atoms with van der Waals surface area (Å²) in [5.41, 5.74) is -1.89. The Bertz CT molecular complexity index is 1160. The van der Waals surface area contributed by atoms with Crippen LogP contribution in [0.3, 0.4) is 0 Å². The van der Waals surface area contributed by atoms with E-state index in [4.69, 9.17) is 26.7 Å². The molecule has 0 saturated carbocycles. The molecule has 3 rings (SSSR count). The highest BCUT2D eigenvalue weighted by molar-refractivity contribution is 6.30. The highest BCUT2D eigenvalue weighted by Crippen LogP contribution is 2.32. The van der Waals surface area contributed by atoms with Gasteiger partial charge in [-0.1, -0.05) is 11.6 Å². The molecule has 0 unspecified atom stereocenters. The number of aromatic amines is 1. The molecule has 0 atom stereocenters. The molecule has 162 valence electrons. The second kappa shape index (κ2) is 8.66. The van der Waals surface area contributed by atoms with Crippen molar-refractivity contribution in [2.45, 2.75) is 19.3 Å². The molecule has 1 amide bonds. The van der Waals surface area contributed by atoms with Crippen LogP contribution in [0.2, 0.25) is 5.02 Å². The van der Waals surface area contributed by atoms with Crippen LogP contribution in [0.4, 0.5) is 13.2 Å². The summed E-state index contributed by atoms with van der Waals surface area (Å²) < 4.78 is 45.6. The maximum absolute atomic E-state index is 13.5. The highest BCUT2D eigenvalue weighted by atomic mass is 35.5. The Morgan fingerprint density at radius 3 is 2.68 bits per heavy atom. The van der Waals surface area contributed by atoms with Crippen molar-refractivity contribution in [1.29, 1.82) is 5.26 Å². The topological polar surface area (TPSA) is 131 Å². The highest BCUT2D eigenvalue weighted by Gasteiger charge is 2.44. The number of nitrogens with zero attached hydrogens (tertiary/aromatic N) is 3. The van der Waals surface area contributed by atoms with Crippen LogP contribution in [0, 0.1) is 11.3 Å². The van der Waals surface area contributed by atoms with Gasteiger partial charge >= 0.3 is 6.18 Å². The fourth-order valence-corrected chi connectivity index (χ4v) is 2.94. The van der Waals surface area contributed by atoms with Crippen molar-refractivity contribution in [3.63, 3.8) is 0 Å². The van der Waals surface area contributed by atoms with Gasteiger partial charge in [-0.05, 0) is 24.3 Å². The minimum Gasteiger partial charge on any atom is -0.449 e. The van der Waals surface area contributed by atoms with Gasteiger partial charge in [-0.15, -0.1) is 0 Å². The van der Waals surface area contributed by atoms with Crippen molar-refractivity contribution in [2.75, 3.05) is 6.67 Å². The van der Waals surface area contributed by atoms with Crippen LogP contribution in [0.5, 0.6) is 5.75 Å². The molecule has 2 aromatic rings. The third-order valence-corrected chi connectivity index (χ3v) is 4.33. The molecular formula is C18H13ClF3N5O4. The van der Waals surface area contributed by atoms with E-state index in [0.29, 0.717) is 0 Å². The van der Waals surface area contributed by atoms with E-state index >= 15 is 0 Å². The molecule has 1 aromatic heterocycles. The lowest BCUT2D eigenvalue weighted by atomic mass is 10.2. The third kappa shape index (κ3) is 4.96. The van der Waals surface area contributed by atoms with E-state index < -0.39 is 42.4 Å². The number of halogens is 4. The van der Waals surface area contributed by atoms with Crippen LogP contribution in [0.25, 0.3) is 0 Å². The number of allylic oxidation sites excluding steroid dienone is 1. The van der Waals surface area contributed by atoms with Crippen LogP contribution < -0.4 is 15.6 Å². The Balaban J connectivity index is 1.95. The zero-order valence-corrected chi connectivity index (χ0v) is 16.2. The predicted octanol–water partition coefficient (Wildman–Crippen LogP) is 1.53. The number of aromatic nitrogens is 2. The summed E-state index contributed by atoms with van der Waals surface area (Å²) in [4.78, 5) is 25.3. The van der Waals surface area contributed by atoms with Crippen molar-refractivity contribution < 1.29 is 27.8 Å².